The van der Waals surface area contributed by atoms with Gasteiger partial charge in [0.05, 0.1) is 19.0 Å². The van der Waals surface area contributed by atoms with Gasteiger partial charge in [0.1, 0.15) is 11.4 Å². The van der Waals surface area contributed by atoms with Crippen molar-refractivity contribution in [1.29, 1.82) is 0 Å². The number of nitrogens with one attached hydrogen (secondary N) is 1. The summed E-state index contributed by atoms with van der Waals surface area (Å²) >= 11 is 0. The van der Waals surface area contributed by atoms with Crippen LogP contribution in [0.4, 0.5) is 0 Å². The molecule has 1 N–H and O–H groups in total. The first-order valence-corrected chi connectivity index (χ1v) is 3.81. The van der Waals surface area contributed by atoms with Gasteiger partial charge in [-0.2, -0.15) is 0 Å². The molecule has 0 fully saturated rings. The zero-order valence-corrected chi connectivity index (χ0v) is 7.07. The highest BCUT2D eigenvalue weighted by Gasteiger charge is 2.01. The van der Waals surface area contributed by atoms with Crippen LogP contribution in [0.2, 0.25) is 0 Å². The standard InChI is InChI=1S/C9H8N2O2/c1-13-8-3-6-2-7(5-12)11-9(6)10-4-8/h2-5H,1H3,(H,10,11). The maximum Gasteiger partial charge on any atom is 0.166 e. The highest BCUT2D eigenvalue weighted by Crippen LogP contribution is 2.17. The van der Waals surface area contributed by atoms with Gasteiger partial charge in [0.15, 0.2) is 6.29 Å². The van der Waals surface area contributed by atoms with Crippen molar-refractivity contribution in [2.45, 2.75) is 0 Å². The van der Waals surface area contributed by atoms with Crippen LogP contribution in [-0.2, 0) is 0 Å². The van der Waals surface area contributed by atoms with Gasteiger partial charge in [-0.15, -0.1) is 0 Å². The number of methoxy groups -OCH3 is 1. The van der Waals surface area contributed by atoms with Crippen LogP contribution in [0.5, 0.6) is 5.75 Å². The lowest BCUT2D eigenvalue weighted by Gasteiger charge is -1.96. The first kappa shape index (κ1) is 7.79. The molecule has 0 spiro atoms. The molecule has 0 atom stereocenters. The van der Waals surface area contributed by atoms with Gasteiger partial charge in [0, 0.05) is 5.39 Å². The number of H-pyrrole nitrogens is 1. The SMILES string of the molecule is COc1cnc2[nH]c(C=O)cc2c1. The Kier molecular flexibility index (Phi) is 1.73. The summed E-state index contributed by atoms with van der Waals surface area (Å²) in [5.41, 5.74) is 1.22. The molecule has 0 unspecified atom stereocenters. The number of hydrogen-bond donors (Lipinski definition) is 1. The summed E-state index contributed by atoms with van der Waals surface area (Å²) in [5.74, 6) is 0.684. The zero-order chi connectivity index (χ0) is 9.26. The molecule has 4 heteroatoms. The van der Waals surface area contributed by atoms with Gasteiger partial charge in [-0.1, -0.05) is 0 Å². The van der Waals surface area contributed by atoms with Gasteiger partial charge in [0.2, 0.25) is 0 Å². The van der Waals surface area contributed by atoms with Crippen molar-refractivity contribution in [3.8, 4) is 5.75 Å². The number of fused-ring (bicyclic) bond motifs is 1. The fourth-order valence-electron chi connectivity index (χ4n) is 1.19. The lowest BCUT2D eigenvalue weighted by Crippen LogP contribution is -1.83. The van der Waals surface area contributed by atoms with Crippen molar-refractivity contribution >= 4 is 17.3 Å². The van der Waals surface area contributed by atoms with Gasteiger partial charge >= 0.3 is 0 Å². The third-order valence-electron chi connectivity index (χ3n) is 1.83. The molecule has 0 saturated carbocycles. The predicted octanol–water partition coefficient (Wildman–Crippen LogP) is 1.38. The number of hydrogen-bond acceptors (Lipinski definition) is 3. The molecule has 4 nitrogen and oxygen atoms in total. The minimum Gasteiger partial charge on any atom is -0.495 e. The summed E-state index contributed by atoms with van der Waals surface area (Å²) in [4.78, 5) is 17.4. The Bertz CT molecular complexity index is 448. The fraction of sp³-hybridized carbons (Fsp3) is 0.111. The zero-order valence-electron chi connectivity index (χ0n) is 7.07. The van der Waals surface area contributed by atoms with Gasteiger partial charge in [-0.25, -0.2) is 4.98 Å². The minimum atomic E-state index is 0.524. The van der Waals surface area contributed by atoms with Crippen molar-refractivity contribution in [1.82, 2.24) is 9.97 Å². The molecule has 2 aromatic rings. The van der Waals surface area contributed by atoms with Gasteiger partial charge in [0.25, 0.3) is 0 Å². The summed E-state index contributed by atoms with van der Waals surface area (Å²) in [5, 5.41) is 0.876. The lowest BCUT2D eigenvalue weighted by atomic mass is 10.3. The highest BCUT2D eigenvalue weighted by molar-refractivity contribution is 5.86. The maximum absolute atomic E-state index is 10.4. The van der Waals surface area contributed by atoms with Gasteiger partial charge < -0.3 is 9.72 Å². The van der Waals surface area contributed by atoms with Crippen LogP contribution in [0.15, 0.2) is 18.3 Å². The number of nitrogens with zero attached hydrogens (tertiary/aromatic N) is 1. The van der Waals surface area contributed by atoms with E-state index in [0.717, 1.165) is 11.7 Å². The number of aromatic nitrogens is 2. The van der Waals surface area contributed by atoms with E-state index in [9.17, 15) is 4.79 Å². The maximum atomic E-state index is 10.4. The monoisotopic (exact) mass is 176 g/mol. The van der Waals surface area contributed by atoms with Crippen LogP contribution >= 0.6 is 0 Å². The van der Waals surface area contributed by atoms with E-state index in [2.05, 4.69) is 9.97 Å². The van der Waals surface area contributed by atoms with Crippen LogP contribution < -0.4 is 4.74 Å². The number of pyridine rings is 1. The molecule has 0 radical (unpaired) electrons. The van der Waals surface area contributed by atoms with Gasteiger partial charge in [-0.05, 0) is 12.1 Å². The normalized spacial score (nSPS) is 10.2. The number of aromatic amines is 1. The second-order valence-electron chi connectivity index (χ2n) is 2.66. The number of rotatable bonds is 2. The van der Waals surface area contributed by atoms with E-state index >= 15 is 0 Å². The van der Waals surface area contributed by atoms with Crippen LogP contribution in [0.3, 0.4) is 0 Å². The molecule has 2 aromatic heterocycles. The molecular weight excluding hydrogens is 168 g/mol. The quantitative estimate of drug-likeness (QED) is 0.703. The second-order valence-corrected chi connectivity index (χ2v) is 2.66. The Morgan fingerprint density at radius 1 is 1.54 bits per heavy atom. The largest absolute Gasteiger partial charge is 0.495 e. The average molecular weight is 176 g/mol. The molecule has 0 aliphatic heterocycles. The van der Waals surface area contributed by atoms with E-state index < -0.39 is 0 Å². The summed E-state index contributed by atoms with van der Waals surface area (Å²) in [6, 6.07) is 3.56. The van der Waals surface area contributed by atoms with E-state index in [-0.39, 0.29) is 0 Å². The fourth-order valence-corrected chi connectivity index (χ4v) is 1.19. The molecule has 0 bridgehead atoms. The Morgan fingerprint density at radius 2 is 2.38 bits per heavy atom. The topological polar surface area (TPSA) is 55.0 Å². The molecule has 0 aliphatic carbocycles. The van der Waals surface area contributed by atoms with E-state index in [0.29, 0.717) is 17.1 Å². The van der Waals surface area contributed by atoms with E-state index in [1.54, 1.807) is 19.4 Å². The summed E-state index contributed by atoms with van der Waals surface area (Å²) < 4.78 is 5.00. The smallest absolute Gasteiger partial charge is 0.166 e. The van der Waals surface area contributed by atoms with Crippen molar-refractivity contribution in [3.05, 3.63) is 24.0 Å². The summed E-state index contributed by atoms with van der Waals surface area (Å²) in [6.07, 6.45) is 2.36. The van der Waals surface area contributed by atoms with E-state index in [4.69, 9.17) is 4.74 Å². The van der Waals surface area contributed by atoms with Crippen molar-refractivity contribution in [3.63, 3.8) is 0 Å². The summed E-state index contributed by atoms with van der Waals surface area (Å²) in [7, 11) is 1.58. The molecule has 13 heavy (non-hydrogen) atoms. The molecule has 2 rings (SSSR count). The Hall–Kier alpha value is -1.84. The van der Waals surface area contributed by atoms with E-state index in [1.165, 1.54) is 0 Å². The number of ether oxygens (including phenoxy) is 1. The molecule has 0 saturated heterocycles. The lowest BCUT2D eigenvalue weighted by molar-refractivity contribution is 0.112. The summed E-state index contributed by atoms with van der Waals surface area (Å²) in [6.45, 7) is 0. The predicted molar refractivity (Wildman–Crippen MR) is 48.0 cm³/mol. The molecule has 0 amide bonds. The molecule has 66 valence electrons. The minimum absolute atomic E-state index is 0.524. The number of carbonyl (C=O) groups is 1. The van der Waals surface area contributed by atoms with Crippen molar-refractivity contribution in [2.75, 3.05) is 7.11 Å². The third kappa shape index (κ3) is 1.26. The van der Waals surface area contributed by atoms with Gasteiger partial charge in [-0.3, -0.25) is 4.79 Å². The molecule has 0 aliphatic rings. The van der Waals surface area contributed by atoms with Crippen molar-refractivity contribution in [2.24, 2.45) is 0 Å². The van der Waals surface area contributed by atoms with Crippen LogP contribution in [0, 0.1) is 0 Å². The number of carbonyl (C=O) groups excluding carboxylic acids is 1. The van der Waals surface area contributed by atoms with Crippen LogP contribution in [0.1, 0.15) is 10.5 Å². The average Bonchev–Trinajstić information content (AvgIpc) is 2.58. The van der Waals surface area contributed by atoms with Crippen LogP contribution in [-0.4, -0.2) is 23.4 Å². The van der Waals surface area contributed by atoms with Crippen LogP contribution in [0.25, 0.3) is 11.0 Å². The number of aldehydes is 1. The first-order valence-electron chi connectivity index (χ1n) is 3.81. The van der Waals surface area contributed by atoms with Crippen molar-refractivity contribution < 1.29 is 9.53 Å². The Morgan fingerprint density at radius 3 is 3.08 bits per heavy atom. The second kappa shape index (κ2) is 2.90. The Labute approximate surface area is 74.5 Å². The highest BCUT2D eigenvalue weighted by atomic mass is 16.5. The van der Waals surface area contributed by atoms with E-state index in [1.807, 2.05) is 6.07 Å². The first-order chi connectivity index (χ1) is 6.33. The third-order valence-corrected chi connectivity index (χ3v) is 1.83. The molecule has 2 heterocycles. The molecule has 0 aromatic carbocycles. The Balaban J connectivity index is 2.63. The molecular formula is C9H8N2O2.